The normalized spacial score (nSPS) is 12.3. The summed E-state index contributed by atoms with van der Waals surface area (Å²) in [6.07, 6.45) is 0. The quantitative estimate of drug-likeness (QED) is 0.167. The van der Waals surface area contributed by atoms with Crippen molar-refractivity contribution in [2.45, 2.75) is 26.2 Å². The molecule has 278 valence electrons. The van der Waals surface area contributed by atoms with E-state index in [9.17, 15) is 0 Å². The average molecular weight is 754 g/mol. The number of nitrogens with zero attached hydrogens (tertiary/aromatic N) is 1. The molecular weight excluding hydrogens is 715 g/mol. The monoisotopic (exact) mass is 753 g/mol. The molecular formula is C57H39NO. The maximum absolute atomic E-state index is 6.76. The van der Waals surface area contributed by atoms with Crippen LogP contribution in [-0.2, 0) is 5.41 Å². The van der Waals surface area contributed by atoms with Gasteiger partial charge in [0, 0.05) is 5.56 Å². The van der Waals surface area contributed by atoms with E-state index in [1.807, 2.05) is 0 Å². The van der Waals surface area contributed by atoms with Crippen LogP contribution in [0.15, 0.2) is 186 Å². The fraction of sp³-hybridized carbons (Fsp3) is 0.0702. The van der Waals surface area contributed by atoms with Crippen LogP contribution in [0.2, 0.25) is 0 Å². The highest BCUT2D eigenvalue weighted by molar-refractivity contribution is 6.33. The van der Waals surface area contributed by atoms with Gasteiger partial charge >= 0.3 is 0 Å². The summed E-state index contributed by atoms with van der Waals surface area (Å²) in [7, 11) is 0. The molecule has 0 saturated heterocycles. The van der Waals surface area contributed by atoms with Gasteiger partial charge in [0.05, 0.1) is 0 Å². The van der Waals surface area contributed by atoms with Gasteiger partial charge in [-0.15, -0.1) is 0 Å². The van der Waals surface area contributed by atoms with E-state index < -0.39 is 0 Å². The first-order valence-electron chi connectivity index (χ1n) is 20.5. The zero-order chi connectivity index (χ0) is 39.4. The highest BCUT2D eigenvalue weighted by Gasteiger charge is 2.24. The highest BCUT2D eigenvalue weighted by Crippen LogP contribution is 2.50. The Balaban J connectivity index is 1.26. The Labute approximate surface area is 342 Å². The third kappa shape index (κ3) is 5.16. The summed E-state index contributed by atoms with van der Waals surface area (Å²) in [5.41, 5.74) is 11.1. The van der Waals surface area contributed by atoms with Crippen molar-refractivity contribution in [3.8, 4) is 44.8 Å². The van der Waals surface area contributed by atoms with Crippen molar-refractivity contribution in [1.82, 2.24) is 4.98 Å². The molecule has 1 aromatic heterocycles. The van der Waals surface area contributed by atoms with Crippen LogP contribution in [0.3, 0.4) is 0 Å². The van der Waals surface area contributed by atoms with Crippen molar-refractivity contribution in [3.63, 3.8) is 0 Å². The summed E-state index contributed by atoms with van der Waals surface area (Å²) in [6, 6.07) is 66.9. The first kappa shape index (κ1) is 33.8. The summed E-state index contributed by atoms with van der Waals surface area (Å²) in [6.45, 7) is 6.72. The van der Waals surface area contributed by atoms with E-state index in [1.54, 1.807) is 0 Å². The topological polar surface area (TPSA) is 26.0 Å². The van der Waals surface area contributed by atoms with E-state index in [0.717, 1.165) is 22.0 Å². The van der Waals surface area contributed by atoms with Gasteiger partial charge in [0.2, 0.25) is 5.89 Å². The lowest BCUT2D eigenvalue weighted by molar-refractivity contribution is 0.590. The van der Waals surface area contributed by atoms with E-state index in [4.69, 9.17) is 9.40 Å². The van der Waals surface area contributed by atoms with E-state index in [0.29, 0.717) is 5.89 Å². The van der Waals surface area contributed by atoms with Crippen molar-refractivity contribution in [1.29, 1.82) is 0 Å². The van der Waals surface area contributed by atoms with Crippen LogP contribution in [-0.4, -0.2) is 4.98 Å². The van der Waals surface area contributed by atoms with Gasteiger partial charge in [-0.25, -0.2) is 4.98 Å². The first-order valence-corrected chi connectivity index (χ1v) is 20.5. The molecule has 2 heteroatoms. The number of benzene rings is 11. The predicted molar refractivity (Wildman–Crippen MR) is 251 cm³/mol. The lowest BCUT2D eigenvalue weighted by Crippen LogP contribution is -2.10. The lowest BCUT2D eigenvalue weighted by atomic mass is 9.81. The van der Waals surface area contributed by atoms with Crippen LogP contribution < -0.4 is 0 Å². The summed E-state index contributed by atoms with van der Waals surface area (Å²) < 4.78 is 6.76. The molecule has 0 fully saturated rings. The molecule has 0 radical (unpaired) electrons. The average Bonchev–Trinajstić information content (AvgIpc) is 3.71. The Kier molecular flexibility index (Phi) is 7.22. The van der Waals surface area contributed by atoms with Crippen LogP contribution in [0.1, 0.15) is 26.3 Å². The van der Waals surface area contributed by atoms with Gasteiger partial charge in [0.1, 0.15) is 5.52 Å². The number of hydrogen-bond acceptors (Lipinski definition) is 2. The maximum Gasteiger partial charge on any atom is 0.227 e. The van der Waals surface area contributed by atoms with Gasteiger partial charge in [-0.1, -0.05) is 178 Å². The molecule has 0 bridgehead atoms. The Hall–Kier alpha value is -7.29. The molecule has 0 atom stereocenters. The van der Waals surface area contributed by atoms with Crippen LogP contribution in [0.4, 0.5) is 0 Å². The molecule has 0 spiro atoms. The van der Waals surface area contributed by atoms with Crippen LogP contribution in [0.25, 0.3) is 121 Å². The molecule has 0 aliphatic rings. The smallest absolute Gasteiger partial charge is 0.227 e. The lowest BCUT2D eigenvalue weighted by Gasteiger charge is -2.22. The molecule has 0 unspecified atom stereocenters. The van der Waals surface area contributed by atoms with Gasteiger partial charge in [-0.2, -0.15) is 0 Å². The Bertz CT molecular complexity index is 3540. The third-order valence-corrected chi connectivity index (χ3v) is 12.6. The molecule has 0 N–H and O–H groups in total. The second-order valence-corrected chi connectivity index (χ2v) is 17.0. The number of rotatable bonds is 4. The zero-order valence-corrected chi connectivity index (χ0v) is 33.2. The maximum atomic E-state index is 6.76. The molecule has 1 heterocycles. The summed E-state index contributed by atoms with van der Waals surface area (Å²) in [5, 5.41) is 14.7. The van der Waals surface area contributed by atoms with E-state index in [-0.39, 0.29) is 5.41 Å². The molecule has 0 saturated carbocycles. The third-order valence-electron chi connectivity index (χ3n) is 12.6. The highest BCUT2D eigenvalue weighted by atomic mass is 16.3. The summed E-state index contributed by atoms with van der Waals surface area (Å²) in [4.78, 5) is 5.27. The van der Waals surface area contributed by atoms with Crippen LogP contribution >= 0.6 is 0 Å². The number of fused-ring (bicyclic) bond motifs is 4. The van der Waals surface area contributed by atoms with Gasteiger partial charge in [-0.05, 0) is 133 Å². The van der Waals surface area contributed by atoms with E-state index >= 15 is 0 Å². The van der Waals surface area contributed by atoms with Crippen molar-refractivity contribution >= 4 is 75.7 Å². The molecule has 12 rings (SSSR count). The Morgan fingerprint density at radius 2 is 0.763 bits per heavy atom. The fourth-order valence-electron chi connectivity index (χ4n) is 9.73. The molecule has 0 amide bonds. The minimum Gasteiger partial charge on any atom is -0.436 e. The Morgan fingerprint density at radius 3 is 1.22 bits per heavy atom. The van der Waals surface area contributed by atoms with Gasteiger partial charge < -0.3 is 4.42 Å². The standard InChI is InChI=1S/C57H39NO/c1-57(2,3)37-25-30-53-52(31-37)58-56(59-53)51-33-50(43-24-12-18-36-15-6-9-21-40(36)43)46-27-26-44-48(41-22-10-16-34-13-4-7-19-38(34)41)32-49(45-28-29-47(51)55(46)54(44)45)42-23-11-17-35-14-5-8-20-39(35)42/h4-33H,1-3H3. The van der Waals surface area contributed by atoms with Crippen molar-refractivity contribution < 1.29 is 4.42 Å². The zero-order valence-electron chi connectivity index (χ0n) is 33.2. The second kappa shape index (κ2) is 12.6. The van der Waals surface area contributed by atoms with Crippen LogP contribution in [0.5, 0.6) is 0 Å². The molecule has 11 aromatic carbocycles. The summed E-state index contributed by atoms with van der Waals surface area (Å²) >= 11 is 0. The van der Waals surface area contributed by atoms with Crippen molar-refractivity contribution in [2.75, 3.05) is 0 Å². The molecule has 12 aromatic rings. The Morgan fingerprint density at radius 1 is 0.356 bits per heavy atom. The number of hydrogen-bond donors (Lipinski definition) is 0. The number of oxazole rings is 1. The van der Waals surface area contributed by atoms with Crippen molar-refractivity contribution in [2.24, 2.45) is 0 Å². The SMILES string of the molecule is CC(C)(C)c1ccc2oc(-c3cc(-c4cccc5ccccc45)c4ccc5c(-c6cccc7ccccc67)cc(-c6cccc7ccccc67)c6ccc3c4c65)nc2c1. The molecule has 0 aliphatic heterocycles. The predicted octanol–water partition coefficient (Wildman–Crippen LogP) is 16.2. The van der Waals surface area contributed by atoms with Crippen LogP contribution in [0, 0.1) is 0 Å². The minimum atomic E-state index is -0.00852. The number of aromatic nitrogens is 1. The van der Waals surface area contributed by atoms with Gasteiger partial charge in [0.15, 0.2) is 5.58 Å². The largest absolute Gasteiger partial charge is 0.436 e. The fourth-order valence-corrected chi connectivity index (χ4v) is 9.73. The second-order valence-electron chi connectivity index (χ2n) is 17.0. The minimum absolute atomic E-state index is 0.00852. The summed E-state index contributed by atoms with van der Waals surface area (Å²) in [5.74, 6) is 0.633. The molecule has 2 nitrogen and oxygen atoms in total. The molecule has 59 heavy (non-hydrogen) atoms. The van der Waals surface area contributed by atoms with Gasteiger partial charge in [-0.3, -0.25) is 0 Å². The van der Waals surface area contributed by atoms with Gasteiger partial charge in [0.25, 0.3) is 0 Å². The van der Waals surface area contributed by atoms with E-state index in [1.165, 1.54) is 98.2 Å². The van der Waals surface area contributed by atoms with E-state index in [2.05, 4.69) is 203 Å². The molecule has 0 aliphatic carbocycles. The first-order chi connectivity index (χ1) is 28.9. The van der Waals surface area contributed by atoms with Crippen molar-refractivity contribution in [3.05, 3.63) is 188 Å².